The van der Waals surface area contributed by atoms with Crippen LogP contribution in [0.3, 0.4) is 0 Å². The molecule has 2 unspecified atom stereocenters. The third kappa shape index (κ3) is 4.79. The standard InChI is InChI=1S/C15H24N4O5S/c1-10-6-12(15(21)22)8-19(7-10)14(20)4-5-16-25(23,24)13-9-18(3)11(2)17-13/h9-10,12,16H,4-8H2,1-3H3,(H,21,22). The molecule has 1 fully saturated rings. The Morgan fingerprint density at radius 3 is 2.64 bits per heavy atom. The normalized spacial score (nSPS) is 21.3. The predicted octanol–water partition coefficient (Wildman–Crippen LogP) is -0.0339. The molecule has 2 atom stereocenters. The molecule has 1 aliphatic rings. The third-order valence-electron chi connectivity index (χ3n) is 4.35. The minimum atomic E-state index is -3.77. The van der Waals surface area contributed by atoms with Crippen LogP contribution in [0.25, 0.3) is 0 Å². The number of hydrogen-bond acceptors (Lipinski definition) is 5. The van der Waals surface area contributed by atoms with Crippen LogP contribution in [0.4, 0.5) is 0 Å². The summed E-state index contributed by atoms with van der Waals surface area (Å²) < 4.78 is 28.3. The van der Waals surface area contributed by atoms with Gasteiger partial charge in [0.1, 0.15) is 5.82 Å². The number of imidazole rings is 1. The number of carbonyl (C=O) groups is 2. The first-order valence-electron chi connectivity index (χ1n) is 8.10. The van der Waals surface area contributed by atoms with Gasteiger partial charge in [-0.15, -0.1) is 0 Å². The van der Waals surface area contributed by atoms with Crippen LogP contribution in [-0.4, -0.2) is 59.5 Å². The Kier molecular flexibility index (Phi) is 5.83. The quantitative estimate of drug-likeness (QED) is 0.723. The second-order valence-electron chi connectivity index (χ2n) is 6.56. The molecule has 1 amide bonds. The zero-order chi connectivity index (χ0) is 18.8. The fourth-order valence-electron chi connectivity index (χ4n) is 2.91. The highest BCUT2D eigenvalue weighted by molar-refractivity contribution is 7.89. The summed E-state index contributed by atoms with van der Waals surface area (Å²) >= 11 is 0. The van der Waals surface area contributed by atoms with Gasteiger partial charge in [-0.2, -0.15) is 0 Å². The number of amides is 1. The lowest BCUT2D eigenvalue weighted by atomic mass is 9.90. The van der Waals surface area contributed by atoms with Crippen molar-refractivity contribution >= 4 is 21.9 Å². The van der Waals surface area contributed by atoms with E-state index in [4.69, 9.17) is 5.11 Å². The highest BCUT2D eigenvalue weighted by atomic mass is 32.2. The Bertz CT molecular complexity index is 738. The van der Waals surface area contributed by atoms with Crippen LogP contribution >= 0.6 is 0 Å². The van der Waals surface area contributed by atoms with Gasteiger partial charge in [-0.25, -0.2) is 18.1 Å². The van der Waals surface area contributed by atoms with Crippen LogP contribution in [-0.2, 0) is 26.7 Å². The smallest absolute Gasteiger partial charge is 0.308 e. The van der Waals surface area contributed by atoms with Crippen LogP contribution in [0.1, 0.15) is 25.6 Å². The second-order valence-corrected chi connectivity index (χ2v) is 8.27. The first kappa shape index (κ1) is 19.4. The number of sulfonamides is 1. The molecule has 0 aromatic carbocycles. The van der Waals surface area contributed by atoms with Crippen molar-refractivity contribution < 1.29 is 23.1 Å². The van der Waals surface area contributed by atoms with Gasteiger partial charge >= 0.3 is 5.97 Å². The number of aryl methyl sites for hydroxylation is 2. The maximum Gasteiger partial charge on any atom is 0.308 e. The van der Waals surface area contributed by atoms with Crippen molar-refractivity contribution in [3.63, 3.8) is 0 Å². The molecular weight excluding hydrogens is 348 g/mol. The summed E-state index contributed by atoms with van der Waals surface area (Å²) in [5.41, 5.74) is 0. The highest BCUT2D eigenvalue weighted by Gasteiger charge is 2.31. The Hall–Kier alpha value is -1.94. The number of carbonyl (C=O) groups excluding carboxylic acids is 1. The molecule has 1 saturated heterocycles. The minimum Gasteiger partial charge on any atom is -0.481 e. The molecule has 0 saturated carbocycles. The summed E-state index contributed by atoms with van der Waals surface area (Å²) in [4.78, 5) is 28.9. The SMILES string of the molecule is Cc1nc(S(=O)(=O)NCCC(=O)N2CC(C)CC(C(=O)O)C2)cn1C. The number of aliphatic carboxylic acids is 1. The van der Waals surface area contributed by atoms with Crippen LogP contribution in [0.2, 0.25) is 0 Å². The van der Waals surface area contributed by atoms with Crippen molar-refractivity contribution in [3.05, 3.63) is 12.0 Å². The lowest BCUT2D eigenvalue weighted by Crippen LogP contribution is -2.46. The van der Waals surface area contributed by atoms with E-state index in [9.17, 15) is 18.0 Å². The molecular formula is C15H24N4O5S. The first-order chi connectivity index (χ1) is 11.6. The molecule has 0 bridgehead atoms. The van der Waals surface area contributed by atoms with E-state index in [2.05, 4.69) is 9.71 Å². The lowest BCUT2D eigenvalue weighted by molar-refractivity contribution is -0.146. The molecule has 10 heteroatoms. The molecule has 140 valence electrons. The summed E-state index contributed by atoms with van der Waals surface area (Å²) in [5, 5.41) is 9.06. The lowest BCUT2D eigenvalue weighted by Gasteiger charge is -2.34. The molecule has 1 aromatic rings. The third-order valence-corrected chi connectivity index (χ3v) is 5.69. The van der Waals surface area contributed by atoms with E-state index in [1.54, 1.807) is 18.5 Å². The topological polar surface area (TPSA) is 122 Å². The van der Waals surface area contributed by atoms with Gasteiger partial charge in [-0.3, -0.25) is 9.59 Å². The molecule has 1 aliphatic heterocycles. The summed E-state index contributed by atoms with van der Waals surface area (Å²) in [6.07, 6.45) is 1.93. The van der Waals surface area contributed by atoms with Crippen LogP contribution in [0.5, 0.6) is 0 Å². The van der Waals surface area contributed by atoms with Gasteiger partial charge in [-0.1, -0.05) is 6.92 Å². The van der Waals surface area contributed by atoms with E-state index in [-0.39, 0.29) is 36.4 Å². The first-order valence-corrected chi connectivity index (χ1v) is 9.58. The number of carboxylic acids is 1. The molecule has 2 N–H and O–H groups in total. The average molecular weight is 372 g/mol. The maximum absolute atomic E-state index is 12.3. The number of nitrogens with one attached hydrogen (secondary N) is 1. The van der Waals surface area contributed by atoms with Crippen molar-refractivity contribution in [2.24, 2.45) is 18.9 Å². The molecule has 25 heavy (non-hydrogen) atoms. The Morgan fingerprint density at radius 1 is 1.40 bits per heavy atom. The number of rotatable bonds is 6. The molecule has 9 nitrogen and oxygen atoms in total. The number of hydrogen-bond donors (Lipinski definition) is 2. The van der Waals surface area contributed by atoms with Crippen molar-refractivity contribution in [2.45, 2.75) is 31.7 Å². The Morgan fingerprint density at radius 2 is 2.08 bits per heavy atom. The number of aromatic nitrogens is 2. The van der Waals surface area contributed by atoms with Crippen LogP contribution < -0.4 is 4.72 Å². The van der Waals surface area contributed by atoms with Crippen molar-refractivity contribution in [3.8, 4) is 0 Å². The van der Waals surface area contributed by atoms with Gasteiger partial charge in [0.25, 0.3) is 10.0 Å². The fraction of sp³-hybridized carbons (Fsp3) is 0.667. The number of carboxylic acid groups (broad SMARTS) is 1. The predicted molar refractivity (Wildman–Crippen MR) is 89.2 cm³/mol. The van der Waals surface area contributed by atoms with Gasteiger partial charge in [0, 0.05) is 39.3 Å². The Labute approximate surface area is 147 Å². The van der Waals surface area contributed by atoms with E-state index < -0.39 is 21.9 Å². The zero-order valence-corrected chi connectivity index (χ0v) is 15.4. The van der Waals surface area contributed by atoms with E-state index in [0.717, 1.165) is 0 Å². The molecule has 0 spiro atoms. The monoisotopic (exact) mass is 372 g/mol. The summed E-state index contributed by atoms with van der Waals surface area (Å²) in [6.45, 7) is 4.21. The van der Waals surface area contributed by atoms with Gasteiger partial charge in [0.05, 0.1) is 5.92 Å². The average Bonchev–Trinajstić information content (AvgIpc) is 2.86. The number of piperidine rings is 1. The van der Waals surface area contributed by atoms with Gasteiger partial charge in [0.2, 0.25) is 5.91 Å². The van der Waals surface area contributed by atoms with E-state index in [1.807, 2.05) is 6.92 Å². The fourth-order valence-corrected chi connectivity index (χ4v) is 3.98. The Balaban J connectivity index is 1.90. The van der Waals surface area contributed by atoms with Gasteiger partial charge < -0.3 is 14.6 Å². The molecule has 0 radical (unpaired) electrons. The number of likely N-dealkylation sites (tertiary alicyclic amines) is 1. The van der Waals surface area contributed by atoms with Crippen LogP contribution in [0, 0.1) is 18.8 Å². The van der Waals surface area contributed by atoms with Gasteiger partial charge in [-0.05, 0) is 19.3 Å². The van der Waals surface area contributed by atoms with Crippen molar-refractivity contribution in [1.29, 1.82) is 0 Å². The molecule has 2 rings (SSSR count). The second kappa shape index (κ2) is 7.52. The summed E-state index contributed by atoms with van der Waals surface area (Å²) in [5.74, 6) is -1.06. The van der Waals surface area contributed by atoms with Crippen molar-refractivity contribution in [2.75, 3.05) is 19.6 Å². The van der Waals surface area contributed by atoms with Crippen molar-refractivity contribution in [1.82, 2.24) is 19.2 Å². The van der Waals surface area contributed by atoms with E-state index in [1.165, 1.54) is 11.1 Å². The van der Waals surface area contributed by atoms with Crippen LogP contribution in [0.15, 0.2) is 11.2 Å². The highest BCUT2D eigenvalue weighted by Crippen LogP contribution is 2.22. The van der Waals surface area contributed by atoms with E-state index >= 15 is 0 Å². The minimum absolute atomic E-state index is 0.0237. The summed E-state index contributed by atoms with van der Waals surface area (Å²) in [6, 6.07) is 0. The molecule has 1 aromatic heterocycles. The largest absolute Gasteiger partial charge is 0.481 e. The maximum atomic E-state index is 12.3. The number of nitrogens with zero attached hydrogens (tertiary/aromatic N) is 3. The summed E-state index contributed by atoms with van der Waals surface area (Å²) in [7, 11) is -2.07. The molecule has 2 heterocycles. The van der Waals surface area contributed by atoms with Gasteiger partial charge in [0.15, 0.2) is 5.03 Å². The molecule has 0 aliphatic carbocycles. The zero-order valence-electron chi connectivity index (χ0n) is 14.6. The van der Waals surface area contributed by atoms with E-state index in [0.29, 0.717) is 18.8 Å².